The molecule has 6 heteroatoms. The van der Waals surface area contributed by atoms with Gasteiger partial charge in [0.05, 0.1) is 7.05 Å². The zero-order valence-corrected chi connectivity index (χ0v) is 13.8. The summed E-state index contributed by atoms with van der Waals surface area (Å²) in [4.78, 5) is 0. The lowest BCUT2D eigenvalue weighted by molar-refractivity contribution is -0.695. The molecule has 0 aromatic heterocycles. The van der Waals surface area contributed by atoms with Crippen LogP contribution in [0.2, 0.25) is 0 Å². The van der Waals surface area contributed by atoms with E-state index in [1.165, 1.54) is 51.4 Å². The topological polar surface area (TPSA) is 83.0 Å². The highest BCUT2D eigenvalue weighted by Crippen LogP contribution is 2.12. The molecule has 0 rings (SSSR count). The minimum absolute atomic E-state index is 0.563. The van der Waals surface area contributed by atoms with Gasteiger partial charge in [-0.15, -0.1) is 0 Å². The van der Waals surface area contributed by atoms with Crippen molar-refractivity contribution in [2.45, 2.75) is 83.8 Å². The molecule has 0 aromatic rings. The molecule has 0 fully saturated rings. The van der Waals surface area contributed by atoms with Crippen LogP contribution in [0.25, 0.3) is 0 Å². The smallest absolute Gasteiger partial charge is 0.222 e. The van der Waals surface area contributed by atoms with Gasteiger partial charge in [-0.25, -0.2) is 12.6 Å². The van der Waals surface area contributed by atoms with Gasteiger partial charge < -0.3 is 9.87 Å². The van der Waals surface area contributed by atoms with Gasteiger partial charge in [-0.1, -0.05) is 64.7 Å². The summed E-state index contributed by atoms with van der Waals surface area (Å²) in [5.74, 6) is 0. The normalized spacial score (nSPS) is 13.6. The van der Waals surface area contributed by atoms with E-state index in [1.54, 1.807) is 12.4 Å². The fourth-order valence-electron chi connectivity index (χ4n) is 2.25. The molecule has 122 valence electrons. The summed E-state index contributed by atoms with van der Waals surface area (Å²) < 4.78 is 35.9. The van der Waals surface area contributed by atoms with Crippen LogP contribution in [-0.2, 0) is 14.6 Å². The van der Waals surface area contributed by atoms with Gasteiger partial charge in [0.15, 0.2) is 0 Å². The molecule has 0 heterocycles. The summed E-state index contributed by atoms with van der Waals surface area (Å²) >= 11 is 0. The number of rotatable bonds is 14. The molecule has 0 amide bonds. The van der Waals surface area contributed by atoms with E-state index in [9.17, 15) is 13.0 Å². The van der Waals surface area contributed by atoms with Gasteiger partial charge in [0.1, 0.15) is 0 Å². The van der Waals surface area contributed by atoms with Crippen LogP contribution in [0.4, 0.5) is 0 Å². The number of nitrogens with two attached hydrogens (primary N) is 1. The van der Waals surface area contributed by atoms with Crippen LogP contribution in [0.5, 0.6) is 0 Å². The Labute approximate surface area is 124 Å². The molecular weight excluding hydrogens is 278 g/mol. The van der Waals surface area contributed by atoms with Crippen LogP contribution >= 0.6 is 0 Å². The maximum Gasteiger partial charge on any atom is 0.222 e. The summed E-state index contributed by atoms with van der Waals surface area (Å²) in [6, 6.07) is 0. The van der Waals surface area contributed by atoms with E-state index in [2.05, 4.69) is 11.1 Å². The zero-order chi connectivity index (χ0) is 15.3. The fraction of sp³-hybridized carbons (Fsp3) is 1.00. The van der Waals surface area contributed by atoms with E-state index in [0.717, 1.165) is 12.8 Å². The van der Waals surface area contributed by atoms with Gasteiger partial charge in [0.25, 0.3) is 0 Å². The number of hydrogen-bond acceptors (Lipinski definition) is 4. The largest absolute Gasteiger partial charge is 0.725 e. The average Bonchev–Trinajstić information content (AvgIpc) is 2.38. The third kappa shape index (κ3) is 14.2. The Kier molecular flexibility index (Phi) is 12.5. The highest BCUT2D eigenvalue weighted by molar-refractivity contribution is 7.80. The summed E-state index contributed by atoms with van der Waals surface area (Å²) in [7, 11) is -2.86. The number of hydrogen-bond donors (Lipinski definition) is 1. The van der Waals surface area contributed by atoms with Crippen molar-refractivity contribution in [3.8, 4) is 0 Å². The van der Waals surface area contributed by atoms with E-state index in [1.807, 2.05) is 0 Å². The van der Waals surface area contributed by atoms with Gasteiger partial charge in [0, 0.05) is 6.42 Å². The first kappa shape index (κ1) is 19.8. The van der Waals surface area contributed by atoms with Gasteiger partial charge in [-0.2, -0.15) is 0 Å². The maximum atomic E-state index is 10.5. The second-order valence-electron chi connectivity index (χ2n) is 5.35. The van der Waals surface area contributed by atoms with Gasteiger partial charge in [0.2, 0.25) is 16.6 Å². The monoisotopic (exact) mass is 309 g/mol. The Hall–Kier alpha value is -0.170. The second kappa shape index (κ2) is 12.6. The molecule has 20 heavy (non-hydrogen) atoms. The first-order valence-corrected chi connectivity index (χ1v) is 9.26. The highest BCUT2D eigenvalue weighted by Gasteiger charge is 2.12. The Bertz CT molecular complexity index is 306. The molecule has 0 aliphatic heterocycles. The van der Waals surface area contributed by atoms with Crippen molar-refractivity contribution in [1.82, 2.24) is 0 Å². The molecule has 0 radical (unpaired) electrons. The molecular formula is C14H31NO4S. The molecule has 1 unspecified atom stereocenters. The highest BCUT2D eigenvalue weighted by atomic mass is 32.3. The Morgan fingerprint density at radius 2 is 1.40 bits per heavy atom. The summed E-state index contributed by atoms with van der Waals surface area (Å²) in [6.45, 7) is 2.23. The molecule has 0 bridgehead atoms. The van der Waals surface area contributed by atoms with Crippen molar-refractivity contribution < 1.29 is 22.5 Å². The number of unbranched alkanes of at least 4 members (excludes halogenated alkanes) is 9. The predicted molar refractivity (Wildman–Crippen MR) is 78.9 cm³/mol. The number of quaternary nitrogens is 1. The van der Waals surface area contributed by atoms with E-state index >= 15 is 0 Å². The third-order valence-corrected chi connectivity index (χ3v) is 3.94. The molecule has 0 saturated carbocycles. The third-order valence-electron chi connectivity index (χ3n) is 3.46. The van der Waals surface area contributed by atoms with E-state index < -0.39 is 16.6 Å². The predicted octanol–water partition coefficient (Wildman–Crippen LogP) is 2.29. The fourth-order valence-corrected chi connectivity index (χ4v) is 2.76. The van der Waals surface area contributed by atoms with Gasteiger partial charge >= 0.3 is 0 Å². The minimum Gasteiger partial charge on any atom is -0.725 e. The Morgan fingerprint density at radius 3 is 1.80 bits per heavy atom. The lowest BCUT2D eigenvalue weighted by Gasteiger charge is -2.15. The van der Waals surface area contributed by atoms with Crippen LogP contribution < -0.4 is 5.32 Å². The van der Waals surface area contributed by atoms with Crippen LogP contribution in [0.1, 0.15) is 77.6 Å². The molecule has 0 spiro atoms. The Balaban J connectivity index is 3.38. The van der Waals surface area contributed by atoms with Gasteiger partial charge in [-0.05, 0) is 6.42 Å². The lowest BCUT2D eigenvalue weighted by atomic mass is 10.1. The van der Waals surface area contributed by atoms with E-state index in [-0.39, 0.29) is 0 Å². The molecule has 0 aliphatic rings. The lowest BCUT2D eigenvalue weighted by Crippen LogP contribution is -2.87. The summed E-state index contributed by atoms with van der Waals surface area (Å²) in [5.41, 5.74) is 0. The molecule has 2 N–H and O–H groups in total. The average molecular weight is 309 g/mol. The molecule has 0 saturated heterocycles. The summed E-state index contributed by atoms with van der Waals surface area (Å²) in [6.07, 6.45) is 12.4. The Morgan fingerprint density at radius 1 is 0.950 bits per heavy atom. The van der Waals surface area contributed by atoms with Crippen LogP contribution in [-0.4, -0.2) is 26.2 Å². The van der Waals surface area contributed by atoms with Crippen molar-refractivity contribution in [1.29, 1.82) is 0 Å². The zero-order valence-electron chi connectivity index (χ0n) is 13.0. The second-order valence-corrected chi connectivity index (χ2v) is 6.36. The van der Waals surface area contributed by atoms with Crippen molar-refractivity contribution in [3.63, 3.8) is 0 Å². The minimum atomic E-state index is -4.58. The van der Waals surface area contributed by atoms with Crippen LogP contribution in [0.3, 0.4) is 0 Å². The van der Waals surface area contributed by atoms with Crippen molar-refractivity contribution in [2.24, 2.45) is 0 Å². The quantitative estimate of drug-likeness (QED) is 0.231. The first-order valence-electron chi connectivity index (χ1n) is 7.93. The molecule has 5 nitrogen and oxygen atoms in total. The molecule has 1 atom stereocenters. The van der Waals surface area contributed by atoms with E-state index in [0.29, 0.717) is 6.42 Å². The SMILES string of the molecule is CCCCCCCCCCCCC([NH2+]C)OS(=O)(=O)[O-]. The van der Waals surface area contributed by atoms with Crippen molar-refractivity contribution in [3.05, 3.63) is 0 Å². The maximum absolute atomic E-state index is 10.5. The standard InChI is InChI=1S/C14H31NO4S/c1-3-4-5-6-7-8-9-10-11-12-13-14(15-2)19-20(16,17)18/h14-15H,3-13H2,1-2H3,(H,16,17,18). The first-order chi connectivity index (χ1) is 9.49. The van der Waals surface area contributed by atoms with E-state index in [4.69, 9.17) is 0 Å². The van der Waals surface area contributed by atoms with Crippen LogP contribution in [0.15, 0.2) is 0 Å². The van der Waals surface area contributed by atoms with Crippen molar-refractivity contribution in [2.75, 3.05) is 7.05 Å². The molecule has 0 aromatic carbocycles. The van der Waals surface area contributed by atoms with Crippen LogP contribution in [0, 0.1) is 0 Å². The summed E-state index contributed by atoms with van der Waals surface area (Å²) in [5, 5.41) is 1.63. The van der Waals surface area contributed by atoms with Gasteiger partial charge in [-0.3, -0.25) is 0 Å². The molecule has 0 aliphatic carbocycles. The van der Waals surface area contributed by atoms with Crippen molar-refractivity contribution >= 4 is 10.4 Å².